The molecule has 1 amide bonds. The highest BCUT2D eigenvalue weighted by atomic mass is 16.2. The molecule has 3 rings (SSSR count). The van der Waals surface area contributed by atoms with Crippen LogP contribution in [0.4, 0.5) is 0 Å². The van der Waals surface area contributed by atoms with Crippen molar-refractivity contribution in [2.45, 2.75) is 38.5 Å². The summed E-state index contributed by atoms with van der Waals surface area (Å²) in [6.45, 7) is 5.94. The number of likely N-dealkylation sites (tertiary alicyclic amines) is 1. The van der Waals surface area contributed by atoms with E-state index in [2.05, 4.69) is 47.5 Å². The topological polar surface area (TPSA) is 32.3 Å². The van der Waals surface area contributed by atoms with Gasteiger partial charge < -0.3 is 10.2 Å². The van der Waals surface area contributed by atoms with Gasteiger partial charge in [-0.3, -0.25) is 4.79 Å². The fourth-order valence-electron chi connectivity index (χ4n) is 3.72. The van der Waals surface area contributed by atoms with Gasteiger partial charge in [-0.1, -0.05) is 37.3 Å². The maximum Gasteiger partial charge on any atom is 0.228 e. The molecule has 1 aromatic rings. The molecule has 0 atom stereocenters. The third-order valence-corrected chi connectivity index (χ3v) is 5.28. The molecule has 0 aromatic heterocycles. The highest BCUT2D eigenvalue weighted by Crippen LogP contribution is 2.34. The lowest BCUT2D eigenvalue weighted by Crippen LogP contribution is -2.49. The molecule has 2 fully saturated rings. The van der Waals surface area contributed by atoms with Crippen molar-refractivity contribution in [3.8, 4) is 0 Å². The summed E-state index contributed by atoms with van der Waals surface area (Å²) in [5, 5.41) is 3.36. The summed E-state index contributed by atoms with van der Waals surface area (Å²) < 4.78 is 0. The van der Waals surface area contributed by atoms with Crippen molar-refractivity contribution >= 4 is 5.91 Å². The van der Waals surface area contributed by atoms with Crippen molar-refractivity contribution in [2.75, 3.05) is 26.2 Å². The van der Waals surface area contributed by atoms with Crippen LogP contribution in [0.3, 0.4) is 0 Å². The van der Waals surface area contributed by atoms with Crippen LogP contribution in [0.1, 0.15) is 44.1 Å². The quantitative estimate of drug-likeness (QED) is 0.906. The van der Waals surface area contributed by atoms with Gasteiger partial charge in [0.05, 0.1) is 0 Å². The SMILES string of the molecule is CC1(C(=O)N2CCC(c3ccccc3)CC2)CCNCC1. The van der Waals surface area contributed by atoms with Crippen molar-refractivity contribution in [2.24, 2.45) is 5.41 Å². The van der Waals surface area contributed by atoms with Crippen LogP contribution in [0.5, 0.6) is 0 Å². The van der Waals surface area contributed by atoms with E-state index in [4.69, 9.17) is 0 Å². The molecule has 1 aromatic carbocycles. The second kappa shape index (κ2) is 6.18. The minimum Gasteiger partial charge on any atom is -0.342 e. The molecular formula is C18H26N2O. The third kappa shape index (κ3) is 3.13. The molecule has 2 saturated heterocycles. The molecule has 3 nitrogen and oxygen atoms in total. The van der Waals surface area contributed by atoms with Crippen LogP contribution in [0, 0.1) is 5.41 Å². The Labute approximate surface area is 127 Å². The number of nitrogens with one attached hydrogen (secondary N) is 1. The fraction of sp³-hybridized carbons (Fsp3) is 0.611. The first kappa shape index (κ1) is 14.6. The molecule has 0 unspecified atom stereocenters. The van der Waals surface area contributed by atoms with E-state index in [9.17, 15) is 4.79 Å². The van der Waals surface area contributed by atoms with E-state index in [1.807, 2.05) is 0 Å². The summed E-state index contributed by atoms with van der Waals surface area (Å²) in [7, 11) is 0. The lowest BCUT2D eigenvalue weighted by atomic mass is 9.78. The van der Waals surface area contributed by atoms with Gasteiger partial charge in [0, 0.05) is 18.5 Å². The first-order valence-corrected chi connectivity index (χ1v) is 8.24. The van der Waals surface area contributed by atoms with E-state index < -0.39 is 0 Å². The highest BCUT2D eigenvalue weighted by molar-refractivity contribution is 5.82. The summed E-state index contributed by atoms with van der Waals surface area (Å²) in [6, 6.07) is 10.7. The molecule has 0 radical (unpaired) electrons. The molecule has 0 bridgehead atoms. The van der Waals surface area contributed by atoms with Crippen molar-refractivity contribution in [1.29, 1.82) is 0 Å². The summed E-state index contributed by atoms with van der Waals surface area (Å²) in [5.74, 6) is 1.01. The Kier molecular flexibility index (Phi) is 4.29. The number of piperidine rings is 2. The predicted molar refractivity (Wildman–Crippen MR) is 85.2 cm³/mol. The Balaban J connectivity index is 1.59. The standard InChI is InChI=1S/C18H26N2O/c1-18(9-11-19-12-10-18)17(21)20-13-7-16(8-14-20)15-5-3-2-4-6-15/h2-6,16,19H,7-14H2,1H3. The normalized spacial score (nSPS) is 23.0. The summed E-state index contributed by atoms with van der Waals surface area (Å²) >= 11 is 0. The van der Waals surface area contributed by atoms with Gasteiger partial charge in [-0.2, -0.15) is 0 Å². The van der Waals surface area contributed by atoms with E-state index in [1.165, 1.54) is 5.56 Å². The maximum atomic E-state index is 12.8. The Hall–Kier alpha value is -1.35. The van der Waals surface area contributed by atoms with Crippen molar-refractivity contribution in [1.82, 2.24) is 10.2 Å². The van der Waals surface area contributed by atoms with Crippen LogP contribution in [0.2, 0.25) is 0 Å². The Bertz CT molecular complexity index is 471. The van der Waals surface area contributed by atoms with E-state index in [0.717, 1.165) is 51.9 Å². The van der Waals surface area contributed by atoms with Gasteiger partial charge in [0.25, 0.3) is 0 Å². The second-order valence-electron chi connectivity index (χ2n) is 6.79. The van der Waals surface area contributed by atoms with Crippen LogP contribution < -0.4 is 5.32 Å². The van der Waals surface area contributed by atoms with Crippen molar-refractivity contribution in [3.63, 3.8) is 0 Å². The van der Waals surface area contributed by atoms with Crippen LogP contribution in [-0.4, -0.2) is 37.0 Å². The average Bonchev–Trinajstić information content (AvgIpc) is 2.56. The molecular weight excluding hydrogens is 260 g/mol. The van der Waals surface area contributed by atoms with Gasteiger partial charge in [-0.25, -0.2) is 0 Å². The van der Waals surface area contributed by atoms with E-state index in [-0.39, 0.29) is 5.41 Å². The molecule has 0 saturated carbocycles. The van der Waals surface area contributed by atoms with E-state index >= 15 is 0 Å². The lowest BCUT2D eigenvalue weighted by molar-refractivity contribution is -0.143. The summed E-state index contributed by atoms with van der Waals surface area (Å²) in [5.41, 5.74) is 1.29. The van der Waals surface area contributed by atoms with Gasteiger partial charge in [0.1, 0.15) is 0 Å². The van der Waals surface area contributed by atoms with Crippen molar-refractivity contribution in [3.05, 3.63) is 35.9 Å². The van der Waals surface area contributed by atoms with Crippen molar-refractivity contribution < 1.29 is 4.79 Å². The largest absolute Gasteiger partial charge is 0.342 e. The molecule has 0 aliphatic carbocycles. The number of carbonyl (C=O) groups is 1. The van der Waals surface area contributed by atoms with E-state index in [0.29, 0.717) is 11.8 Å². The summed E-state index contributed by atoms with van der Waals surface area (Å²) in [6.07, 6.45) is 4.16. The lowest BCUT2D eigenvalue weighted by Gasteiger charge is -2.40. The zero-order valence-electron chi connectivity index (χ0n) is 13.0. The van der Waals surface area contributed by atoms with E-state index in [1.54, 1.807) is 0 Å². The molecule has 0 spiro atoms. The number of amides is 1. The molecule has 21 heavy (non-hydrogen) atoms. The molecule has 2 heterocycles. The smallest absolute Gasteiger partial charge is 0.228 e. The second-order valence-corrected chi connectivity index (χ2v) is 6.79. The van der Waals surface area contributed by atoms with Gasteiger partial charge in [0.15, 0.2) is 0 Å². The molecule has 1 N–H and O–H groups in total. The molecule has 3 heteroatoms. The maximum absolute atomic E-state index is 12.8. The minimum atomic E-state index is -0.134. The highest BCUT2D eigenvalue weighted by Gasteiger charge is 2.38. The van der Waals surface area contributed by atoms with Crippen LogP contribution in [0.15, 0.2) is 30.3 Å². The van der Waals surface area contributed by atoms with Crippen LogP contribution in [0.25, 0.3) is 0 Å². The number of rotatable bonds is 2. The number of hydrogen-bond donors (Lipinski definition) is 1. The van der Waals surface area contributed by atoms with Gasteiger partial charge in [-0.15, -0.1) is 0 Å². The van der Waals surface area contributed by atoms with Gasteiger partial charge in [-0.05, 0) is 50.3 Å². The number of benzene rings is 1. The fourth-order valence-corrected chi connectivity index (χ4v) is 3.72. The molecule has 2 aliphatic heterocycles. The zero-order valence-corrected chi connectivity index (χ0v) is 13.0. The average molecular weight is 286 g/mol. The monoisotopic (exact) mass is 286 g/mol. The van der Waals surface area contributed by atoms with Crippen LogP contribution in [-0.2, 0) is 4.79 Å². The van der Waals surface area contributed by atoms with Gasteiger partial charge >= 0.3 is 0 Å². The Morgan fingerprint density at radius 3 is 2.38 bits per heavy atom. The number of nitrogens with zero attached hydrogens (tertiary/aromatic N) is 1. The van der Waals surface area contributed by atoms with Gasteiger partial charge in [0.2, 0.25) is 5.91 Å². The van der Waals surface area contributed by atoms with Crippen LogP contribution >= 0.6 is 0 Å². The number of carbonyl (C=O) groups excluding carboxylic acids is 1. The zero-order chi connectivity index (χ0) is 14.7. The first-order valence-electron chi connectivity index (χ1n) is 8.24. The summed E-state index contributed by atoms with van der Waals surface area (Å²) in [4.78, 5) is 14.9. The molecule has 2 aliphatic rings. The molecule has 114 valence electrons. The Morgan fingerprint density at radius 2 is 1.76 bits per heavy atom. The number of hydrogen-bond acceptors (Lipinski definition) is 2. The Morgan fingerprint density at radius 1 is 1.14 bits per heavy atom. The third-order valence-electron chi connectivity index (χ3n) is 5.28. The minimum absolute atomic E-state index is 0.134. The first-order chi connectivity index (χ1) is 10.2. The predicted octanol–water partition coefficient (Wildman–Crippen LogP) is 2.78.